The van der Waals surface area contributed by atoms with Crippen molar-refractivity contribution in [2.45, 2.75) is 25.6 Å². The smallest absolute Gasteiger partial charge is 0.330 e. The zero-order valence-electron chi connectivity index (χ0n) is 13.3. The zero-order valence-corrected chi connectivity index (χ0v) is 13.3. The standard InChI is InChI=1S/C16H17F3N4O/c1-10-7-8-23(15(24)13-9-20-21-22(13)2)14(10)11-3-5-12(6-4-11)16(17,18)19/h3-6,9-10,14H,7-8H2,1-2H3/t10-,14+/m0/s1. The highest BCUT2D eigenvalue weighted by Crippen LogP contribution is 2.39. The van der Waals surface area contributed by atoms with Gasteiger partial charge in [0.1, 0.15) is 5.69 Å². The van der Waals surface area contributed by atoms with E-state index in [-0.39, 0.29) is 17.9 Å². The number of aryl methyl sites for hydroxylation is 1. The van der Waals surface area contributed by atoms with Gasteiger partial charge in [-0.25, -0.2) is 4.68 Å². The van der Waals surface area contributed by atoms with Crippen molar-refractivity contribution in [3.05, 3.63) is 47.3 Å². The molecule has 8 heteroatoms. The number of benzene rings is 1. The number of hydrogen-bond acceptors (Lipinski definition) is 3. The van der Waals surface area contributed by atoms with E-state index in [4.69, 9.17) is 0 Å². The Morgan fingerprint density at radius 3 is 2.46 bits per heavy atom. The molecule has 0 aliphatic carbocycles. The normalized spacial score (nSPS) is 21.3. The number of aromatic nitrogens is 3. The number of amides is 1. The van der Waals surface area contributed by atoms with Crippen molar-refractivity contribution in [2.24, 2.45) is 13.0 Å². The average Bonchev–Trinajstić information content (AvgIpc) is 3.12. The molecule has 0 unspecified atom stereocenters. The summed E-state index contributed by atoms with van der Waals surface area (Å²) in [6.07, 6.45) is -2.17. The van der Waals surface area contributed by atoms with Crippen LogP contribution in [0, 0.1) is 5.92 Å². The maximum atomic E-state index is 12.7. The van der Waals surface area contributed by atoms with Crippen LogP contribution in [0.4, 0.5) is 13.2 Å². The number of carbonyl (C=O) groups is 1. The fourth-order valence-corrected chi connectivity index (χ4v) is 3.18. The van der Waals surface area contributed by atoms with Crippen LogP contribution in [0.5, 0.6) is 0 Å². The van der Waals surface area contributed by atoms with E-state index in [1.165, 1.54) is 23.0 Å². The van der Waals surface area contributed by atoms with Gasteiger partial charge in [-0.2, -0.15) is 13.2 Å². The summed E-state index contributed by atoms with van der Waals surface area (Å²) >= 11 is 0. The fourth-order valence-electron chi connectivity index (χ4n) is 3.18. The van der Waals surface area contributed by atoms with Gasteiger partial charge >= 0.3 is 6.18 Å². The molecule has 2 aromatic rings. The molecule has 1 aliphatic rings. The minimum absolute atomic E-state index is 0.159. The molecule has 1 amide bonds. The second-order valence-electron chi connectivity index (χ2n) is 6.07. The predicted octanol–water partition coefficient (Wildman–Crippen LogP) is 3.06. The monoisotopic (exact) mass is 338 g/mol. The van der Waals surface area contributed by atoms with Crippen LogP contribution in [-0.2, 0) is 13.2 Å². The summed E-state index contributed by atoms with van der Waals surface area (Å²) in [7, 11) is 1.63. The Kier molecular flexibility index (Phi) is 4.06. The lowest BCUT2D eigenvalue weighted by molar-refractivity contribution is -0.137. The van der Waals surface area contributed by atoms with Crippen LogP contribution < -0.4 is 0 Å². The molecule has 1 fully saturated rings. The zero-order chi connectivity index (χ0) is 17.5. The third-order valence-corrected chi connectivity index (χ3v) is 4.47. The summed E-state index contributed by atoms with van der Waals surface area (Å²) in [5, 5.41) is 7.47. The lowest BCUT2D eigenvalue weighted by Crippen LogP contribution is -2.33. The minimum Gasteiger partial charge on any atom is -0.330 e. The van der Waals surface area contributed by atoms with Crippen LogP contribution in [0.15, 0.2) is 30.5 Å². The topological polar surface area (TPSA) is 51.0 Å². The van der Waals surface area contributed by atoms with Gasteiger partial charge in [-0.15, -0.1) is 5.10 Å². The van der Waals surface area contributed by atoms with Gasteiger partial charge in [0.15, 0.2) is 0 Å². The molecule has 1 aromatic heterocycles. The highest BCUT2D eigenvalue weighted by atomic mass is 19.4. The Morgan fingerprint density at radius 1 is 1.25 bits per heavy atom. The van der Waals surface area contributed by atoms with E-state index in [1.54, 1.807) is 11.9 Å². The van der Waals surface area contributed by atoms with Crippen molar-refractivity contribution in [2.75, 3.05) is 6.54 Å². The molecule has 0 N–H and O–H groups in total. The summed E-state index contributed by atoms with van der Waals surface area (Å²) in [5.41, 5.74) is 0.378. The van der Waals surface area contributed by atoms with Gasteiger partial charge in [0.25, 0.3) is 5.91 Å². The van der Waals surface area contributed by atoms with Crippen LogP contribution in [0.1, 0.15) is 41.0 Å². The molecule has 1 aromatic carbocycles. The van der Waals surface area contributed by atoms with Crippen molar-refractivity contribution < 1.29 is 18.0 Å². The first kappa shape index (κ1) is 16.5. The molecule has 0 bridgehead atoms. The van der Waals surface area contributed by atoms with Crippen LogP contribution in [0.25, 0.3) is 0 Å². The Bertz CT molecular complexity index is 739. The van der Waals surface area contributed by atoms with Gasteiger partial charge in [-0.3, -0.25) is 4.79 Å². The largest absolute Gasteiger partial charge is 0.416 e. The maximum absolute atomic E-state index is 12.7. The van der Waals surface area contributed by atoms with E-state index >= 15 is 0 Å². The van der Waals surface area contributed by atoms with E-state index in [9.17, 15) is 18.0 Å². The molecule has 0 spiro atoms. The van der Waals surface area contributed by atoms with E-state index in [0.717, 1.165) is 18.6 Å². The van der Waals surface area contributed by atoms with E-state index in [0.29, 0.717) is 17.8 Å². The number of alkyl halides is 3. The third kappa shape index (κ3) is 2.88. The van der Waals surface area contributed by atoms with Crippen LogP contribution in [0.2, 0.25) is 0 Å². The molecule has 0 radical (unpaired) electrons. The lowest BCUT2D eigenvalue weighted by atomic mass is 9.94. The summed E-state index contributed by atoms with van der Waals surface area (Å²) in [5.74, 6) is -0.0522. The number of carbonyl (C=O) groups excluding carboxylic acids is 1. The minimum atomic E-state index is -4.37. The van der Waals surface area contributed by atoms with E-state index in [2.05, 4.69) is 10.3 Å². The highest BCUT2D eigenvalue weighted by Gasteiger charge is 2.37. The first-order chi connectivity index (χ1) is 11.3. The molecule has 0 saturated carbocycles. The van der Waals surface area contributed by atoms with Gasteiger partial charge in [-0.05, 0) is 30.0 Å². The molecule has 2 heterocycles. The summed E-state index contributed by atoms with van der Waals surface area (Å²) in [4.78, 5) is 14.4. The van der Waals surface area contributed by atoms with Gasteiger partial charge in [0.2, 0.25) is 0 Å². The Morgan fingerprint density at radius 2 is 1.92 bits per heavy atom. The third-order valence-electron chi connectivity index (χ3n) is 4.47. The summed E-state index contributed by atoms with van der Waals surface area (Å²) < 4.78 is 39.6. The van der Waals surface area contributed by atoms with Crippen LogP contribution in [-0.4, -0.2) is 32.3 Å². The van der Waals surface area contributed by atoms with Crippen molar-refractivity contribution in [3.8, 4) is 0 Å². The molecule has 1 aliphatic heterocycles. The molecule has 3 rings (SSSR count). The number of likely N-dealkylation sites (tertiary alicyclic amines) is 1. The van der Waals surface area contributed by atoms with Crippen molar-refractivity contribution in [1.29, 1.82) is 0 Å². The Hall–Kier alpha value is -2.38. The Labute approximate surface area is 137 Å². The summed E-state index contributed by atoms with van der Waals surface area (Å²) in [6, 6.07) is 4.78. The highest BCUT2D eigenvalue weighted by molar-refractivity contribution is 5.92. The van der Waals surface area contributed by atoms with E-state index in [1.807, 2.05) is 6.92 Å². The molecule has 128 valence electrons. The van der Waals surface area contributed by atoms with E-state index < -0.39 is 11.7 Å². The van der Waals surface area contributed by atoms with Crippen LogP contribution >= 0.6 is 0 Å². The van der Waals surface area contributed by atoms with Crippen molar-refractivity contribution >= 4 is 5.91 Å². The average molecular weight is 338 g/mol. The first-order valence-corrected chi connectivity index (χ1v) is 7.62. The second kappa shape index (κ2) is 5.92. The molecule has 5 nitrogen and oxygen atoms in total. The SMILES string of the molecule is C[C@H]1CCN(C(=O)c2cnnn2C)[C@H]1c1ccc(C(F)(F)F)cc1. The number of nitrogens with zero attached hydrogens (tertiary/aromatic N) is 4. The number of rotatable bonds is 2. The summed E-state index contributed by atoms with van der Waals surface area (Å²) in [6.45, 7) is 2.55. The van der Waals surface area contributed by atoms with Gasteiger partial charge < -0.3 is 4.90 Å². The molecule has 2 atom stereocenters. The van der Waals surface area contributed by atoms with Crippen LogP contribution in [0.3, 0.4) is 0 Å². The predicted molar refractivity (Wildman–Crippen MR) is 80.0 cm³/mol. The van der Waals surface area contributed by atoms with Gasteiger partial charge in [0, 0.05) is 13.6 Å². The second-order valence-corrected chi connectivity index (χ2v) is 6.07. The molecule has 24 heavy (non-hydrogen) atoms. The first-order valence-electron chi connectivity index (χ1n) is 7.62. The fraction of sp³-hybridized carbons (Fsp3) is 0.438. The number of hydrogen-bond donors (Lipinski definition) is 0. The molecule has 1 saturated heterocycles. The van der Waals surface area contributed by atoms with Gasteiger partial charge in [0.05, 0.1) is 17.8 Å². The Balaban J connectivity index is 1.90. The molecular formula is C16H17F3N4O. The van der Waals surface area contributed by atoms with Crippen molar-refractivity contribution in [3.63, 3.8) is 0 Å². The molecular weight excluding hydrogens is 321 g/mol. The lowest BCUT2D eigenvalue weighted by Gasteiger charge is -2.27. The van der Waals surface area contributed by atoms with Crippen molar-refractivity contribution in [1.82, 2.24) is 19.9 Å². The number of halogens is 3. The maximum Gasteiger partial charge on any atom is 0.416 e. The van der Waals surface area contributed by atoms with Gasteiger partial charge in [-0.1, -0.05) is 24.3 Å². The quantitative estimate of drug-likeness (QED) is 0.846.